The summed E-state index contributed by atoms with van der Waals surface area (Å²) in [6, 6.07) is 11.3. The van der Waals surface area contributed by atoms with Crippen LogP contribution in [0.25, 0.3) is 11.4 Å². The van der Waals surface area contributed by atoms with E-state index >= 15 is 0 Å². The summed E-state index contributed by atoms with van der Waals surface area (Å²) in [5.74, 6) is 1.24. The zero-order valence-corrected chi connectivity index (χ0v) is 17.2. The molecule has 0 aliphatic carbocycles. The Balaban J connectivity index is 1.83. The number of rotatable bonds is 7. The molecule has 0 unspecified atom stereocenters. The Morgan fingerprint density at radius 1 is 1.21 bits per heavy atom. The summed E-state index contributed by atoms with van der Waals surface area (Å²) in [6.07, 6.45) is 3.36. The number of nitrogens with one attached hydrogen (secondary N) is 1. The summed E-state index contributed by atoms with van der Waals surface area (Å²) in [6.45, 7) is 6.43. The van der Waals surface area contributed by atoms with Gasteiger partial charge in [0.1, 0.15) is 5.75 Å². The van der Waals surface area contributed by atoms with E-state index in [1.54, 1.807) is 19.5 Å². The average molecular weight is 398 g/mol. The van der Waals surface area contributed by atoms with Crippen molar-refractivity contribution in [2.75, 3.05) is 12.4 Å². The van der Waals surface area contributed by atoms with Gasteiger partial charge in [0.15, 0.2) is 11.0 Å². The number of pyridine rings is 1. The van der Waals surface area contributed by atoms with Gasteiger partial charge < -0.3 is 14.6 Å². The third-order valence-corrected chi connectivity index (χ3v) is 5.35. The van der Waals surface area contributed by atoms with Gasteiger partial charge in [-0.25, -0.2) is 0 Å². The van der Waals surface area contributed by atoms with Crippen LogP contribution in [0, 0.1) is 0 Å². The van der Waals surface area contributed by atoms with Gasteiger partial charge in [-0.3, -0.25) is 9.78 Å². The lowest BCUT2D eigenvalue weighted by molar-refractivity contribution is -0.117. The van der Waals surface area contributed by atoms with Crippen LogP contribution in [0.4, 0.5) is 5.69 Å². The van der Waals surface area contributed by atoms with Crippen LogP contribution >= 0.6 is 11.8 Å². The van der Waals surface area contributed by atoms with Crippen LogP contribution in [0.5, 0.6) is 5.75 Å². The van der Waals surface area contributed by atoms with Gasteiger partial charge in [-0.1, -0.05) is 30.0 Å². The first-order chi connectivity index (χ1) is 13.4. The number of nitrogens with zero attached hydrogens (tertiary/aromatic N) is 4. The number of thioether (sulfide) groups is 1. The predicted octanol–water partition coefficient (Wildman–Crippen LogP) is 3.88. The molecule has 0 saturated carbocycles. The summed E-state index contributed by atoms with van der Waals surface area (Å²) >= 11 is 1.38. The van der Waals surface area contributed by atoms with Gasteiger partial charge >= 0.3 is 0 Å². The topological polar surface area (TPSA) is 81.9 Å². The van der Waals surface area contributed by atoms with Crippen LogP contribution in [0.1, 0.15) is 20.8 Å². The lowest BCUT2D eigenvalue weighted by atomic mass is 10.2. The number of aromatic nitrogens is 4. The second-order valence-electron chi connectivity index (χ2n) is 6.60. The number of para-hydroxylation sites is 1. The molecule has 0 atom stereocenters. The Labute approximate surface area is 168 Å². The van der Waals surface area contributed by atoms with Crippen LogP contribution in [0.15, 0.2) is 53.9 Å². The molecule has 28 heavy (non-hydrogen) atoms. The quantitative estimate of drug-likeness (QED) is 0.609. The van der Waals surface area contributed by atoms with E-state index in [9.17, 15) is 4.79 Å². The molecule has 0 radical (unpaired) electrons. The molecule has 1 aromatic carbocycles. The molecular formula is C20H23N5O2S. The van der Waals surface area contributed by atoms with Gasteiger partial charge in [0, 0.05) is 24.0 Å². The minimum absolute atomic E-state index is 0.0982. The van der Waals surface area contributed by atoms with Crippen LogP contribution in [0.3, 0.4) is 0 Å². The summed E-state index contributed by atoms with van der Waals surface area (Å²) < 4.78 is 6.48. The fourth-order valence-corrected chi connectivity index (χ4v) is 3.60. The van der Waals surface area contributed by atoms with Crippen molar-refractivity contribution in [2.45, 2.75) is 37.2 Å². The minimum atomic E-state index is -0.736. The van der Waals surface area contributed by atoms with Crippen molar-refractivity contribution >= 4 is 23.4 Å². The molecule has 7 nitrogen and oxygen atoms in total. The lowest BCUT2D eigenvalue weighted by Gasteiger charge is -2.22. The molecule has 3 aromatic rings. The summed E-state index contributed by atoms with van der Waals surface area (Å²) in [7, 11) is 1.60. The number of methoxy groups -OCH3 is 1. The number of carbonyl (C=O) groups excluding carboxylic acids is 1. The molecule has 146 valence electrons. The predicted molar refractivity (Wildman–Crippen MR) is 110 cm³/mol. The molecular weight excluding hydrogens is 374 g/mol. The summed E-state index contributed by atoms with van der Waals surface area (Å²) in [4.78, 5) is 17.0. The summed E-state index contributed by atoms with van der Waals surface area (Å²) in [5.41, 5.74) is 1.58. The van der Waals surface area contributed by atoms with Gasteiger partial charge in [-0.2, -0.15) is 0 Å². The first-order valence-corrected chi connectivity index (χ1v) is 9.74. The first kappa shape index (κ1) is 19.9. The highest BCUT2D eigenvalue weighted by Gasteiger charge is 2.32. The van der Waals surface area contributed by atoms with E-state index in [4.69, 9.17) is 4.74 Å². The number of hydrogen-bond acceptors (Lipinski definition) is 6. The highest BCUT2D eigenvalue weighted by Crippen LogP contribution is 2.34. The second kappa shape index (κ2) is 8.43. The molecule has 0 saturated heterocycles. The molecule has 1 amide bonds. The Hall–Kier alpha value is -2.87. The van der Waals surface area contributed by atoms with E-state index in [0.717, 1.165) is 11.3 Å². The standard InChI is InChI=1S/C20H23N5O2S/c1-5-25-17(14-11-16(27-4)13-21-12-14)23-24-19(25)28-20(2,3)18(26)22-15-9-7-6-8-10-15/h6-13H,5H2,1-4H3,(H,22,26). The highest BCUT2D eigenvalue weighted by molar-refractivity contribution is 8.01. The van der Waals surface area contributed by atoms with Crippen LogP contribution in [-0.2, 0) is 11.3 Å². The van der Waals surface area contributed by atoms with E-state index in [-0.39, 0.29) is 5.91 Å². The van der Waals surface area contributed by atoms with Crippen molar-refractivity contribution in [2.24, 2.45) is 0 Å². The third kappa shape index (κ3) is 4.33. The Morgan fingerprint density at radius 2 is 1.96 bits per heavy atom. The number of anilines is 1. The Kier molecular flexibility index (Phi) is 5.99. The first-order valence-electron chi connectivity index (χ1n) is 8.92. The zero-order valence-electron chi connectivity index (χ0n) is 16.3. The van der Waals surface area contributed by atoms with Crippen molar-refractivity contribution in [3.63, 3.8) is 0 Å². The molecule has 0 fully saturated rings. The Morgan fingerprint density at radius 3 is 2.64 bits per heavy atom. The van der Waals surface area contributed by atoms with E-state index in [1.807, 2.05) is 61.7 Å². The van der Waals surface area contributed by atoms with Gasteiger partial charge in [-0.15, -0.1) is 10.2 Å². The number of hydrogen-bond donors (Lipinski definition) is 1. The number of benzene rings is 1. The van der Waals surface area contributed by atoms with Crippen LogP contribution in [-0.4, -0.2) is 37.5 Å². The summed E-state index contributed by atoms with van der Waals surface area (Å²) in [5, 5.41) is 12.3. The van der Waals surface area contributed by atoms with Crippen LogP contribution in [0.2, 0.25) is 0 Å². The fraction of sp³-hybridized carbons (Fsp3) is 0.300. The maximum atomic E-state index is 12.8. The van der Waals surface area contributed by atoms with Crippen molar-refractivity contribution in [1.82, 2.24) is 19.7 Å². The maximum Gasteiger partial charge on any atom is 0.240 e. The molecule has 0 bridgehead atoms. The zero-order chi connectivity index (χ0) is 20.1. The van der Waals surface area contributed by atoms with E-state index in [2.05, 4.69) is 20.5 Å². The normalized spacial score (nSPS) is 11.3. The van der Waals surface area contributed by atoms with Crippen LogP contribution < -0.4 is 10.1 Å². The van der Waals surface area contributed by atoms with E-state index in [1.165, 1.54) is 11.8 Å². The van der Waals surface area contributed by atoms with E-state index in [0.29, 0.717) is 23.3 Å². The smallest absolute Gasteiger partial charge is 0.240 e. The van der Waals surface area contributed by atoms with Gasteiger partial charge in [-0.05, 0) is 39.0 Å². The molecule has 3 rings (SSSR count). The molecule has 0 aliphatic heterocycles. The molecule has 8 heteroatoms. The van der Waals surface area contributed by atoms with Gasteiger partial charge in [0.25, 0.3) is 0 Å². The van der Waals surface area contributed by atoms with Crippen molar-refractivity contribution in [3.05, 3.63) is 48.8 Å². The largest absolute Gasteiger partial charge is 0.495 e. The van der Waals surface area contributed by atoms with Gasteiger partial charge in [0.2, 0.25) is 5.91 Å². The van der Waals surface area contributed by atoms with Crippen molar-refractivity contribution in [3.8, 4) is 17.1 Å². The molecule has 0 spiro atoms. The van der Waals surface area contributed by atoms with Gasteiger partial charge in [0.05, 0.1) is 18.1 Å². The lowest BCUT2D eigenvalue weighted by Crippen LogP contribution is -2.34. The van der Waals surface area contributed by atoms with Crippen molar-refractivity contribution < 1.29 is 9.53 Å². The monoisotopic (exact) mass is 397 g/mol. The fourth-order valence-electron chi connectivity index (χ4n) is 2.59. The molecule has 0 aliphatic rings. The van der Waals surface area contributed by atoms with Crippen molar-refractivity contribution in [1.29, 1.82) is 0 Å². The number of carbonyl (C=O) groups is 1. The highest BCUT2D eigenvalue weighted by atomic mass is 32.2. The maximum absolute atomic E-state index is 12.8. The molecule has 2 aromatic heterocycles. The minimum Gasteiger partial charge on any atom is -0.495 e. The number of amides is 1. The second-order valence-corrected chi connectivity index (χ2v) is 8.19. The SMILES string of the molecule is CCn1c(SC(C)(C)C(=O)Nc2ccccc2)nnc1-c1cncc(OC)c1. The number of ether oxygens (including phenoxy) is 1. The molecule has 1 N–H and O–H groups in total. The third-order valence-electron chi connectivity index (χ3n) is 4.17. The average Bonchev–Trinajstić information content (AvgIpc) is 3.10. The molecule has 2 heterocycles. The van der Waals surface area contributed by atoms with E-state index < -0.39 is 4.75 Å². The Bertz CT molecular complexity index is 956.